The molecular weight excluding hydrogens is 429 g/mol. The summed E-state index contributed by atoms with van der Waals surface area (Å²) in [5.74, 6) is 0.454. The molecule has 0 saturated heterocycles. The van der Waals surface area contributed by atoms with Crippen molar-refractivity contribution in [2.24, 2.45) is 5.92 Å². The molecule has 0 saturated carbocycles. The van der Waals surface area contributed by atoms with Crippen molar-refractivity contribution in [1.82, 2.24) is 5.32 Å². The van der Waals surface area contributed by atoms with E-state index in [2.05, 4.69) is 108 Å². The molecule has 0 spiro atoms. The van der Waals surface area contributed by atoms with Crippen LogP contribution in [0.2, 0.25) is 0 Å². The van der Waals surface area contributed by atoms with E-state index >= 15 is 0 Å². The van der Waals surface area contributed by atoms with Crippen LogP contribution >= 0.6 is 8.19 Å². The summed E-state index contributed by atoms with van der Waals surface area (Å²) < 4.78 is 0. The van der Waals surface area contributed by atoms with E-state index in [0.717, 1.165) is 40.4 Å². The Balaban J connectivity index is 1.84. The Labute approximate surface area is 209 Å². The lowest BCUT2D eigenvalue weighted by molar-refractivity contribution is 0.656. The number of nitrogens with one attached hydrogen (secondary N) is 1. The van der Waals surface area contributed by atoms with E-state index in [1.165, 1.54) is 50.0 Å². The molecule has 1 N–H and O–H groups in total. The monoisotopic (exact) mass is 471 g/mol. The summed E-state index contributed by atoms with van der Waals surface area (Å²) >= 11 is 0. The average Bonchev–Trinajstić information content (AvgIpc) is 2.93. The molecule has 1 aliphatic rings. The van der Waals surface area contributed by atoms with Crippen LogP contribution in [0.1, 0.15) is 72.9 Å². The number of allylic oxidation sites excluding steroid dienone is 8. The van der Waals surface area contributed by atoms with E-state index in [0.29, 0.717) is 5.92 Å². The molecule has 0 bridgehead atoms. The molecule has 34 heavy (non-hydrogen) atoms. The fraction of sp³-hybridized carbons (Fsp3) is 0.375. The third kappa shape index (κ3) is 7.00. The van der Waals surface area contributed by atoms with E-state index in [4.69, 9.17) is 0 Å². The molecule has 3 rings (SSSR count). The Kier molecular flexibility index (Phi) is 9.43. The van der Waals surface area contributed by atoms with Gasteiger partial charge in [0.05, 0.1) is 0 Å². The summed E-state index contributed by atoms with van der Waals surface area (Å²) in [6, 6.07) is 8.99. The van der Waals surface area contributed by atoms with Gasteiger partial charge < -0.3 is 5.32 Å². The molecule has 1 aliphatic heterocycles. The maximum absolute atomic E-state index is 4.48. The summed E-state index contributed by atoms with van der Waals surface area (Å²) in [6.07, 6.45) is 15.7. The average molecular weight is 472 g/mol. The SMILES string of the molecule is C=C(/C=C(/C)C/C(=C\C(C)CC1=CC=CCCN1)c1ccc(C)cc1)c1c(C)[pH]c(CC)c1C. The van der Waals surface area contributed by atoms with Crippen molar-refractivity contribution in [2.45, 2.75) is 67.2 Å². The molecule has 1 nitrogen and oxygen atoms in total. The zero-order chi connectivity index (χ0) is 24.7. The molecule has 0 amide bonds. The Morgan fingerprint density at radius 2 is 1.91 bits per heavy atom. The molecule has 2 aromatic rings. The highest BCUT2D eigenvalue weighted by Crippen LogP contribution is 2.37. The number of rotatable bonds is 9. The molecule has 1 aromatic heterocycles. The van der Waals surface area contributed by atoms with Gasteiger partial charge in [0, 0.05) is 12.2 Å². The second-order valence-corrected chi connectivity index (χ2v) is 11.5. The van der Waals surface area contributed by atoms with Gasteiger partial charge in [0.2, 0.25) is 0 Å². The van der Waals surface area contributed by atoms with Crippen LogP contribution in [0.25, 0.3) is 11.1 Å². The van der Waals surface area contributed by atoms with Gasteiger partial charge in [-0.25, -0.2) is 0 Å². The van der Waals surface area contributed by atoms with E-state index in [1.807, 2.05) is 0 Å². The van der Waals surface area contributed by atoms with Gasteiger partial charge in [0.15, 0.2) is 0 Å². The standard InChI is InChI=1S/C32H42NP/c1-8-31-26(6)32(27(7)34-31)25(5)18-23(3)19-29(28-15-13-22(2)14-16-28)20-24(4)21-30-12-10-9-11-17-33-30/h9-10,12-16,18,20,24,33-34H,5,8,11,17,19,21H2,1-4,6-7H3/b23-18-,29-20+. The lowest BCUT2D eigenvalue weighted by atomic mass is 9.91. The van der Waals surface area contributed by atoms with Crippen molar-refractivity contribution in [1.29, 1.82) is 0 Å². The van der Waals surface area contributed by atoms with Crippen LogP contribution in [0.3, 0.4) is 0 Å². The number of aryl methyl sites for hydroxylation is 3. The Bertz CT molecular complexity index is 1120. The van der Waals surface area contributed by atoms with Crippen molar-refractivity contribution in [2.75, 3.05) is 6.54 Å². The quantitative estimate of drug-likeness (QED) is 0.360. The summed E-state index contributed by atoms with van der Waals surface area (Å²) in [6.45, 7) is 19.1. The predicted molar refractivity (Wildman–Crippen MR) is 155 cm³/mol. The van der Waals surface area contributed by atoms with Gasteiger partial charge in [0.1, 0.15) is 0 Å². The van der Waals surface area contributed by atoms with Crippen LogP contribution < -0.4 is 5.32 Å². The third-order valence-electron chi connectivity index (χ3n) is 6.65. The van der Waals surface area contributed by atoms with Gasteiger partial charge in [-0.05, 0) is 104 Å². The molecule has 2 heteroatoms. The van der Waals surface area contributed by atoms with Crippen molar-refractivity contribution in [3.05, 3.63) is 105 Å². The molecule has 0 radical (unpaired) electrons. The normalized spacial score (nSPS) is 15.8. The third-order valence-corrected chi connectivity index (χ3v) is 8.31. The highest BCUT2D eigenvalue weighted by Gasteiger charge is 2.13. The molecule has 1 aromatic carbocycles. The van der Waals surface area contributed by atoms with Crippen LogP contribution in [-0.2, 0) is 6.42 Å². The van der Waals surface area contributed by atoms with Crippen LogP contribution in [0.15, 0.2) is 72.5 Å². The largest absolute Gasteiger partial charge is 0.388 e. The number of benzene rings is 1. The summed E-state index contributed by atoms with van der Waals surface area (Å²) in [4.78, 5) is 0. The molecular formula is C32H42NP. The molecule has 2 unspecified atom stereocenters. The number of hydrogen-bond donors (Lipinski definition) is 1. The highest BCUT2D eigenvalue weighted by molar-refractivity contribution is 7.32. The summed E-state index contributed by atoms with van der Waals surface area (Å²) in [5, 5.41) is 6.66. The van der Waals surface area contributed by atoms with Crippen molar-refractivity contribution < 1.29 is 0 Å². The second kappa shape index (κ2) is 12.3. The van der Waals surface area contributed by atoms with E-state index in [-0.39, 0.29) is 0 Å². The topological polar surface area (TPSA) is 12.0 Å². The van der Waals surface area contributed by atoms with Crippen molar-refractivity contribution >= 4 is 19.3 Å². The fourth-order valence-corrected chi connectivity index (χ4v) is 6.36. The van der Waals surface area contributed by atoms with Crippen molar-refractivity contribution in [3.8, 4) is 0 Å². The van der Waals surface area contributed by atoms with Gasteiger partial charge in [-0.15, -0.1) is 8.19 Å². The van der Waals surface area contributed by atoms with Crippen LogP contribution in [-0.4, -0.2) is 6.54 Å². The lowest BCUT2D eigenvalue weighted by Crippen LogP contribution is -2.15. The van der Waals surface area contributed by atoms with Gasteiger partial charge in [-0.2, -0.15) is 0 Å². The molecule has 180 valence electrons. The number of hydrogen-bond acceptors (Lipinski definition) is 1. The van der Waals surface area contributed by atoms with Gasteiger partial charge in [-0.3, -0.25) is 0 Å². The van der Waals surface area contributed by atoms with E-state index < -0.39 is 0 Å². The minimum absolute atomic E-state index is 0.454. The highest BCUT2D eigenvalue weighted by atomic mass is 31.0. The fourth-order valence-electron chi connectivity index (χ4n) is 4.94. The smallest absolute Gasteiger partial charge is 0.0178 e. The van der Waals surface area contributed by atoms with Gasteiger partial charge in [-0.1, -0.05) is 80.1 Å². The first-order valence-electron chi connectivity index (χ1n) is 12.7. The predicted octanol–water partition coefficient (Wildman–Crippen LogP) is 9.10. The van der Waals surface area contributed by atoms with Crippen LogP contribution in [0.5, 0.6) is 0 Å². The molecule has 2 heterocycles. The van der Waals surface area contributed by atoms with Gasteiger partial charge in [0.25, 0.3) is 0 Å². The van der Waals surface area contributed by atoms with Crippen LogP contribution in [0.4, 0.5) is 0 Å². The summed E-state index contributed by atoms with van der Waals surface area (Å²) in [5.41, 5.74) is 10.7. The first-order valence-corrected chi connectivity index (χ1v) is 13.7. The molecule has 2 atom stereocenters. The van der Waals surface area contributed by atoms with E-state index in [9.17, 15) is 0 Å². The first kappa shape index (κ1) is 26.1. The van der Waals surface area contributed by atoms with Crippen LogP contribution in [0, 0.1) is 26.7 Å². The van der Waals surface area contributed by atoms with E-state index in [1.54, 1.807) is 5.30 Å². The Morgan fingerprint density at radius 3 is 2.59 bits per heavy atom. The molecule has 0 aliphatic carbocycles. The Morgan fingerprint density at radius 1 is 1.18 bits per heavy atom. The minimum Gasteiger partial charge on any atom is -0.388 e. The maximum Gasteiger partial charge on any atom is 0.0178 e. The Hall–Kier alpha value is -2.50. The van der Waals surface area contributed by atoms with Crippen molar-refractivity contribution in [3.63, 3.8) is 0 Å². The molecule has 0 fully saturated rings. The maximum atomic E-state index is 4.48. The minimum atomic E-state index is 0.454. The zero-order valence-electron chi connectivity index (χ0n) is 22.0. The second-order valence-electron chi connectivity index (χ2n) is 9.85. The first-order chi connectivity index (χ1) is 16.3. The van der Waals surface area contributed by atoms with Gasteiger partial charge >= 0.3 is 0 Å². The summed E-state index contributed by atoms with van der Waals surface area (Å²) in [7, 11) is 0.835. The lowest BCUT2D eigenvalue weighted by Gasteiger charge is -2.16. The zero-order valence-corrected chi connectivity index (χ0v) is 23.0.